The molecular formula is C15H23BrN2O2. The van der Waals surface area contributed by atoms with E-state index in [1.165, 1.54) is 0 Å². The van der Waals surface area contributed by atoms with Gasteiger partial charge in [0.2, 0.25) is 0 Å². The number of amides is 2. The highest BCUT2D eigenvalue weighted by Crippen LogP contribution is 2.15. The van der Waals surface area contributed by atoms with Crippen LogP contribution < -0.4 is 10.6 Å². The largest absolute Gasteiger partial charge is 0.396 e. The van der Waals surface area contributed by atoms with E-state index < -0.39 is 0 Å². The maximum atomic E-state index is 11.7. The fourth-order valence-corrected chi connectivity index (χ4v) is 2.44. The second kappa shape index (κ2) is 8.97. The highest BCUT2D eigenvalue weighted by Gasteiger charge is 2.08. The van der Waals surface area contributed by atoms with Crippen LogP contribution in [0.4, 0.5) is 4.79 Å². The van der Waals surface area contributed by atoms with Crippen molar-refractivity contribution in [2.24, 2.45) is 5.92 Å². The second-order valence-corrected chi connectivity index (χ2v) is 5.84. The molecule has 0 saturated heterocycles. The molecule has 0 heterocycles. The van der Waals surface area contributed by atoms with Crippen LogP contribution in [0.2, 0.25) is 0 Å². The summed E-state index contributed by atoms with van der Waals surface area (Å²) in [6.45, 7) is 5.36. The number of carbonyl (C=O) groups excluding carboxylic acids is 1. The van der Waals surface area contributed by atoms with Gasteiger partial charge in [-0.2, -0.15) is 0 Å². The molecule has 1 unspecified atom stereocenters. The number of rotatable bonds is 7. The molecule has 0 spiro atoms. The smallest absolute Gasteiger partial charge is 0.315 e. The van der Waals surface area contributed by atoms with Crippen LogP contribution in [-0.2, 0) is 6.54 Å². The Hall–Kier alpha value is -1.07. The van der Waals surface area contributed by atoms with Crippen LogP contribution in [0.3, 0.4) is 0 Å². The van der Waals surface area contributed by atoms with Gasteiger partial charge in [0.25, 0.3) is 0 Å². The third-order valence-corrected chi connectivity index (χ3v) is 3.90. The molecule has 0 bridgehead atoms. The molecule has 0 aliphatic carbocycles. The number of halogens is 1. The quantitative estimate of drug-likeness (QED) is 0.713. The van der Waals surface area contributed by atoms with Crippen molar-refractivity contribution >= 4 is 22.0 Å². The Morgan fingerprint density at radius 1 is 1.40 bits per heavy atom. The van der Waals surface area contributed by atoms with Crippen molar-refractivity contribution in [2.45, 2.75) is 33.2 Å². The third kappa shape index (κ3) is 5.92. The number of carbonyl (C=O) groups is 1. The first-order valence-corrected chi connectivity index (χ1v) is 7.73. The molecule has 3 N–H and O–H groups in total. The van der Waals surface area contributed by atoms with E-state index in [4.69, 9.17) is 5.11 Å². The van der Waals surface area contributed by atoms with E-state index in [1.54, 1.807) is 0 Å². The Morgan fingerprint density at radius 2 is 2.15 bits per heavy atom. The van der Waals surface area contributed by atoms with E-state index in [9.17, 15) is 4.79 Å². The SMILES string of the molecule is CCC(CCO)CNC(=O)NCc1ccc(Br)cc1C. The highest BCUT2D eigenvalue weighted by atomic mass is 79.9. The Bertz CT molecular complexity index is 438. The van der Waals surface area contributed by atoms with Crippen molar-refractivity contribution < 1.29 is 9.90 Å². The van der Waals surface area contributed by atoms with Gasteiger partial charge in [0, 0.05) is 24.2 Å². The third-order valence-electron chi connectivity index (χ3n) is 3.41. The van der Waals surface area contributed by atoms with Crippen molar-refractivity contribution in [3.05, 3.63) is 33.8 Å². The maximum absolute atomic E-state index is 11.7. The number of aliphatic hydroxyl groups is 1. The molecule has 2 amide bonds. The lowest BCUT2D eigenvalue weighted by Crippen LogP contribution is -2.38. The minimum Gasteiger partial charge on any atom is -0.396 e. The van der Waals surface area contributed by atoms with E-state index >= 15 is 0 Å². The summed E-state index contributed by atoms with van der Waals surface area (Å²) < 4.78 is 1.04. The van der Waals surface area contributed by atoms with Gasteiger partial charge in [0.15, 0.2) is 0 Å². The van der Waals surface area contributed by atoms with Crippen LogP contribution in [-0.4, -0.2) is 24.3 Å². The Kier molecular flexibility index (Phi) is 7.62. The molecule has 112 valence electrons. The van der Waals surface area contributed by atoms with Gasteiger partial charge < -0.3 is 15.7 Å². The Morgan fingerprint density at radius 3 is 2.75 bits per heavy atom. The molecule has 4 nitrogen and oxygen atoms in total. The molecular weight excluding hydrogens is 320 g/mol. The molecule has 0 radical (unpaired) electrons. The van der Waals surface area contributed by atoms with Crippen molar-refractivity contribution in [1.29, 1.82) is 0 Å². The van der Waals surface area contributed by atoms with Gasteiger partial charge in [-0.15, -0.1) is 0 Å². The normalized spacial score (nSPS) is 12.0. The van der Waals surface area contributed by atoms with Crippen molar-refractivity contribution in [3.8, 4) is 0 Å². The zero-order valence-electron chi connectivity index (χ0n) is 12.1. The summed E-state index contributed by atoms with van der Waals surface area (Å²) in [5.74, 6) is 0.333. The molecule has 1 atom stereocenters. The molecule has 0 aliphatic heterocycles. The topological polar surface area (TPSA) is 61.4 Å². The summed E-state index contributed by atoms with van der Waals surface area (Å²) in [7, 11) is 0. The monoisotopic (exact) mass is 342 g/mol. The Labute approximate surface area is 129 Å². The van der Waals surface area contributed by atoms with Gasteiger partial charge >= 0.3 is 6.03 Å². The van der Waals surface area contributed by atoms with Crippen molar-refractivity contribution in [2.75, 3.05) is 13.2 Å². The molecule has 1 rings (SSSR count). The lowest BCUT2D eigenvalue weighted by Gasteiger charge is -2.15. The van der Waals surface area contributed by atoms with Crippen molar-refractivity contribution in [3.63, 3.8) is 0 Å². The fraction of sp³-hybridized carbons (Fsp3) is 0.533. The summed E-state index contributed by atoms with van der Waals surface area (Å²) in [5, 5.41) is 14.6. The zero-order valence-corrected chi connectivity index (χ0v) is 13.7. The van der Waals surface area contributed by atoms with E-state index in [-0.39, 0.29) is 12.6 Å². The lowest BCUT2D eigenvalue weighted by molar-refractivity contribution is 0.230. The van der Waals surface area contributed by atoms with E-state index in [0.717, 1.165) is 28.4 Å². The van der Waals surface area contributed by atoms with Gasteiger partial charge in [-0.1, -0.05) is 35.3 Å². The number of benzene rings is 1. The molecule has 20 heavy (non-hydrogen) atoms. The van der Waals surface area contributed by atoms with Crippen LogP contribution in [0.15, 0.2) is 22.7 Å². The predicted octanol–water partition coefficient (Wildman–Crippen LogP) is 2.97. The average molecular weight is 343 g/mol. The van der Waals surface area contributed by atoms with Gasteiger partial charge in [-0.25, -0.2) is 4.79 Å². The minimum absolute atomic E-state index is 0.163. The van der Waals surface area contributed by atoms with Gasteiger partial charge in [-0.05, 0) is 42.5 Å². The standard InChI is InChI=1S/C15H23BrN2O2/c1-3-12(6-7-19)9-17-15(20)18-10-13-4-5-14(16)8-11(13)2/h4-5,8,12,19H,3,6-7,9-10H2,1-2H3,(H2,17,18,20). The minimum atomic E-state index is -0.163. The fourth-order valence-electron chi connectivity index (χ4n) is 1.97. The number of aliphatic hydroxyl groups excluding tert-OH is 1. The molecule has 0 aliphatic rings. The molecule has 0 aromatic heterocycles. The summed E-state index contributed by atoms with van der Waals surface area (Å²) in [6, 6.07) is 5.84. The molecule has 0 fully saturated rings. The number of aryl methyl sites for hydroxylation is 1. The predicted molar refractivity (Wildman–Crippen MR) is 84.6 cm³/mol. The van der Waals surface area contributed by atoms with Gasteiger partial charge in [-0.3, -0.25) is 0 Å². The van der Waals surface area contributed by atoms with Crippen LogP contribution in [0.25, 0.3) is 0 Å². The number of nitrogens with one attached hydrogen (secondary N) is 2. The van der Waals surface area contributed by atoms with Gasteiger partial charge in [0.05, 0.1) is 0 Å². The molecule has 0 saturated carbocycles. The summed E-state index contributed by atoms with van der Waals surface area (Å²) in [5.41, 5.74) is 2.25. The summed E-state index contributed by atoms with van der Waals surface area (Å²) in [6.07, 6.45) is 1.68. The number of hydrogen-bond donors (Lipinski definition) is 3. The maximum Gasteiger partial charge on any atom is 0.315 e. The number of hydrogen-bond acceptors (Lipinski definition) is 2. The lowest BCUT2D eigenvalue weighted by atomic mass is 10.0. The average Bonchev–Trinajstić information content (AvgIpc) is 2.42. The van der Waals surface area contributed by atoms with Crippen LogP contribution in [0, 0.1) is 12.8 Å². The highest BCUT2D eigenvalue weighted by molar-refractivity contribution is 9.10. The van der Waals surface area contributed by atoms with Crippen LogP contribution in [0.5, 0.6) is 0 Å². The first kappa shape index (κ1) is 17.0. The molecule has 5 heteroatoms. The first-order valence-electron chi connectivity index (χ1n) is 6.94. The Balaban J connectivity index is 2.36. The van der Waals surface area contributed by atoms with Gasteiger partial charge in [0.1, 0.15) is 0 Å². The zero-order chi connectivity index (χ0) is 15.0. The first-order chi connectivity index (χ1) is 9.56. The molecule has 1 aromatic carbocycles. The van der Waals surface area contributed by atoms with Crippen LogP contribution >= 0.6 is 15.9 Å². The number of urea groups is 1. The summed E-state index contributed by atoms with van der Waals surface area (Å²) in [4.78, 5) is 11.7. The van der Waals surface area contributed by atoms with Crippen molar-refractivity contribution in [1.82, 2.24) is 10.6 Å². The van der Waals surface area contributed by atoms with E-state index in [0.29, 0.717) is 19.0 Å². The van der Waals surface area contributed by atoms with E-state index in [1.807, 2.05) is 25.1 Å². The van der Waals surface area contributed by atoms with E-state index in [2.05, 4.69) is 33.5 Å². The van der Waals surface area contributed by atoms with Crippen LogP contribution in [0.1, 0.15) is 30.9 Å². The summed E-state index contributed by atoms with van der Waals surface area (Å²) >= 11 is 3.42. The molecule has 1 aromatic rings. The second-order valence-electron chi connectivity index (χ2n) is 4.92.